The summed E-state index contributed by atoms with van der Waals surface area (Å²) in [5, 5.41) is 11.6. The minimum absolute atomic E-state index is 0.299. The molecule has 1 aliphatic rings. The van der Waals surface area contributed by atoms with Gasteiger partial charge in [-0.25, -0.2) is 9.74 Å². The number of amides is 2. The highest BCUT2D eigenvalue weighted by molar-refractivity contribution is 6.35. The van der Waals surface area contributed by atoms with Crippen molar-refractivity contribution in [1.82, 2.24) is 14.5 Å². The van der Waals surface area contributed by atoms with Crippen molar-refractivity contribution in [2.75, 3.05) is 4.90 Å². The molecular formula is C38H20N6O2. The summed E-state index contributed by atoms with van der Waals surface area (Å²) in [5.74, 6) is -0.799. The van der Waals surface area contributed by atoms with Crippen molar-refractivity contribution in [1.29, 1.82) is 5.26 Å². The Bertz CT molecular complexity index is 2390. The predicted molar refractivity (Wildman–Crippen MR) is 176 cm³/mol. The molecule has 0 saturated heterocycles. The molecule has 0 N–H and O–H groups in total. The van der Waals surface area contributed by atoms with E-state index in [0.717, 1.165) is 32.9 Å². The summed E-state index contributed by atoms with van der Waals surface area (Å²) in [6.45, 7) is 7.70. The number of hydrogen-bond donors (Lipinski definition) is 0. The molecule has 0 saturated carbocycles. The number of fused-ring (bicyclic) bond motifs is 4. The van der Waals surface area contributed by atoms with Crippen molar-refractivity contribution in [3.8, 4) is 34.0 Å². The number of aromatic nitrogens is 3. The molecule has 46 heavy (non-hydrogen) atoms. The van der Waals surface area contributed by atoms with Crippen molar-refractivity contribution in [3.05, 3.63) is 150 Å². The molecule has 8 nitrogen and oxygen atoms in total. The monoisotopic (exact) mass is 592 g/mol. The molecule has 8 heteroatoms. The lowest BCUT2D eigenvalue weighted by Crippen LogP contribution is -2.29. The van der Waals surface area contributed by atoms with Crippen LogP contribution in [-0.2, 0) is 0 Å². The van der Waals surface area contributed by atoms with Gasteiger partial charge in [0.1, 0.15) is 0 Å². The van der Waals surface area contributed by atoms with Crippen LogP contribution in [0.4, 0.5) is 11.4 Å². The van der Waals surface area contributed by atoms with Gasteiger partial charge in [-0.2, -0.15) is 5.26 Å². The lowest BCUT2D eigenvalue weighted by molar-refractivity contribution is 0.0926. The van der Waals surface area contributed by atoms with Crippen LogP contribution in [0.1, 0.15) is 26.3 Å². The maximum absolute atomic E-state index is 14.1. The molecule has 0 aliphatic carbocycles. The number of imide groups is 1. The van der Waals surface area contributed by atoms with Crippen LogP contribution in [0.3, 0.4) is 0 Å². The van der Waals surface area contributed by atoms with Crippen LogP contribution in [0.25, 0.3) is 54.6 Å². The molecule has 0 atom stereocenters. The Balaban J connectivity index is 1.45. The third kappa shape index (κ3) is 3.92. The van der Waals surface area contributed by atoms with E-state index in [1.54, 1.807) is 73.3 Å². The normalized spacial score (nSPS) is 12.3. The SMILES string of the molecule is [C-]#[N+]c1ccncc1-c1ccc2c3ccc(-c4cnccc4C#N)cc3n(-c3cccc4c3C(=O)N(c3ccccc3)C4=O)c2c1. The molecule has 4 aromatic carbocycles. The fraction of sp³-hybridized carbons (Fsp3) is 0. The summed E-state index contributed by atoms with van der Waals surface area (Å²) in [4.78, 5) is 41.3. The number of rotatable bonds is 4. The molecule has 3 aromatic heterocycles. The Kier molecular flexibility index (Phi) is 6.02. The molecule has 1 aliphatic heterocycles. The van der Waals surface area contributed by atoms with Gasteiger partial charge < -0.3 is 4.57 Å². The van der Waals surface area contributed by atoms with Crippen molar-refractivity contribution in [2.45, 2.75) is 0 Å². The summed E-state index contributed by atoms with van der Waals surface area (Å²) in [5.41, 5.74) is 7.12. The molecule has 7 aromatic rings. The maximum Gasteiger partial charge on any atom is 0.268 e. The van der Waals surface area contributed by atoms with E-state index in [0.29, 0.717) is 44.9 Å². The zero-order valence-electron chi connectivity index (χ0n) is 24.0. The Hall–Kier alpha value is -6.90. The molecule has 8 rings (SSSR count). The van der Waals surface area contributed by atoms with Gasteiger partial charge in [-0.3, -0.25) is 19.6 Å². The van der Waals surface area contributed by atoms with Gasteiger partial charge in [-0.05, 0) is 59.7 Å². The molecule has 4 heterocycles. The van der Waals surface area contributed by atoms with E-state index in [9.17, 15) is 14.9 Å². The largest absolute Gasteiger partial charge is 0.308 e. The number of para-hydroxylation sites is 1. The van der Waals surface area contributed by atoms with Crippen LogP contribution < -0.4 is 4.90 Å². The van der Waals surface area contributed by atoms with E-state index in [-0.39, 0.29) is 5.91 Å². The fourth-order valence-electron chi connectivity index (χ4n) is 6.31. The van der Waals surface area contributed by atoms with Crippen LogP contribution in [-0.4, -0.2) is 26.3 Å². The van der Waals surface area contributed by atoms with Crippen LogP contribution in [0, 0.1) is 17.9 Å². The van der Waals surface area contributed by atoms with Crippen LogP contribution >= 0.6 is 0 Å². The highest BCUT2D eigenvalue weighted by Gasteiger charge is 2.39. The van der Waals surface area contributed by atoms with Gasteiger partial charge in [0.25, 0.3) is 11.8 Å². The molecular weight excluding hydrogens is 572 g/mol. The minimum atomic E-state index is -0.411. The van der Waals surface area contributed by atoms with Crippen molar-refractivity contribution >= 4 is 45.0 Å². The van der Waals surface area contributed by atoms with Crippen molar-refractivity contribution in [2.24, 2.45) is 0 Å². The smallest absolute Gasteiger partial charge is 0.268 e. The molecule has 0 radical (unpaired) electrons. The van der Waals surface area contributed by atoms with E-state index in [1.165, 1.54) is 4.90 Å². The van der Waals surface area contributed by atoms with Gasteiger partial charge in [0.2, 0.25) is 0 Å². The first-order valence-electron chi connectivity index (χ1n) is 14.4. The maximum atomic E-state index is 14.1. The zero-order valence-corrected chi connectivity index (χ0v) is 24.0. The average Bonchev–Trinajstić information content (AvgIpc) is 3.57. The lowest BCUT2D eigenvalue weighted by Gasteiger charge is -2.15. The number of carbonyl (C=O) groups excluding carboxylic acids is 2. The highest BCUT2D eigenvalue weighted by atomic mass is 16.2. The summed E-state index contributed by atoms with van der Waals surface area (Å²) >= 11 is 0. The molecule has 0 spiro atoms. The molecule has 214 valence electrons. The van der Waals surface area contributed by atoms with Crippen LogP contribution in [0.15, 0.2) is 122 Å². The number of anilines is 1. The van der Waals surface area contributed by atoms with Crippen molar-refractivity contribution in [3.63, 3.8) is 0 Å². The van der Waals surface area contributed by atoms with Gasteiger partial charge in [0, 0.05) is 46.7 Å². The van der Waals surface area contributed by atoms with Gasteiger partial charge in [0.05, 0.1) is 51.7 Å². The second-order valence-corrected chi connectivity index (χ2v) is 10.8. The van der Waals surface area contributed by atoms with Crippen molar-refractivity contribution < 1.29 is 9.59 Å². The Morgan fingerprint density at radius 3 is 2.07 bits per heavy atom. The summed E-state index contributed by atoms with van der Waals surface area (Å²) in [7, 11) is 0. The standard InChI is InChI=1S/C38H20N6O2/c1-40-32-15-17-42-22-31(32)24-11-13-28-27-12-10-23(30-21-41-16-14-25(30)20-39)18-34(27)44(35(28)19-24)33-9-5-8-29-36(33)38(46)43(37(29)45)26-6-3-2-4-7-26/h2-19,21-22H. The predicted octanol–water partition coefficient (Wildman–Crippen LogP) is 8.13. The third-order valence-electron chi connectivity index (χ3n) is 8.40. The number of carbonyl (C=O) groups is 2. The zero-order chi connectivity index (χ0) is 31.4. The van der Waals surface area contributed by atoms with E-state index >= 15 is 0 Å². The second-order valence-electron chi connectivity index (χ2n) is 10.8. The van der Waals surface area contributed by atoms with E-state index in [2.05, 4.69) is 20.9 Å². The van der Waals surface area contributed by atoms with Gasteiger partial charge in [0.15, 0.2) is 5.69 Å². The minimum Gasteiger partial charge on any atom is -0.308 e. The molecule has 2 amide bonds. The van der Waals surface area contributed by atoms with E-state index in [1.807, 2.05) is 53.1 Å². The first kappa shape index (κ1) is 26.7. The third-order valence-corrected chi connectivity index (χ3v) is 8.40. The fourth-order valence-corrected chi connectivity index (χ4v) is 6.31. The Morgan fingerprint density at radius 1 is 0.696 bits per heavy atom. The van der Waals surface area contributed by atoms with Gasteiger partial charge >= 0.3 is 0 Å². The van der Waals surface area contributed by atoms with E-state index < -0.39 is 5.91 Å². The quantitative estimate of drug-likeness (QED) is 0.152. The summed E-state index contributed by atoms with van der Waals surface area (Å²) < 4.78 is 1.99. The first-order chi connectivity index (χ1) is 22.6. The molecule has 0 bridgehead atoms. The Morgan fingerprint density at radius 2 is 1.37 bits per heavy atom. The number of nitriles is 1. The number of nitrogens with zero attached hydrogens (tertiary/aromatic N) is 6. The second kappa shape index (κ2) is 10.4. The van der Waals surface area contributed by atoms with Gasteiger partial charge in [-0.1, -0.05) is 48.5 Å². The average molecular weight is 593 g/mol. The molecule has 0 unspecified atom stereocenters. The van der Waals surface area contributed by atoms with Crippen LogP contribution in [0.5, 0.6) is 0 Å². The summed E-state index contributed by atoms with van der Waals surface area (Å²) in [6.07, 6.45) is 6.52. The topological polar surface area (TPSA) is 96.2 Å². The van der Waals surface area contributed by atoms with Gasteiger partial charge in [-0.15, -0.1) is 0 Å². The number of pyridine rings is 2. The lowest BCUT2D eigenvalue weighted by atomic mass is 10.0. The highest BCUT2D eigenvalue weighted by Crippen LogP contribution is 2.41. The summed E-state index contributed by atoms with van der Waals surface area (Å²) in [6, 6.07) is 31.7. The Labute approximate surface area is 262 Å². The number of hydrogen-bond acceptors (Lipinski definition) is 5. The number of benzene rings is 4. The van der Waals surface area contributed by atoms with Crippen LogP contribution in [0.2, 0.25) is 0 Å². The van der Waals surface area contributed by atoms with E-state index in [4.69, 9.17) is 6.57 Å². The first-order valence-corrected chi connectivity index (χ1v) is 14.4. The molecule has 0 fully saturated rings.